The zero-order chi connectivity index (χ0) is 12.7. The van der Waals surface area contributed by atoms with Crippen LogP contribution in [0.25, 0.3) is 0 Å². The number of hydrogen-bond acceptors (Lipinski definition) is 4. The minimum absolute atomic E-state index is 0.162. The maximum absolute atomic E-state index is 8.98. The molecule has 1 aromatic carbocycles. The lowest BCUT2D eigenvalue weighted by Crippen LogP contribution is -2.35. The molecule has 1 unspecified atom stereocenters. The molecule has 0 aliphatic rings. The Bertz CT molecular complexity index is 313. The van der Waals surface area contributed by atoms with E-state index in [0.717, 1.165) is 18.0 Å². The lowest BCUT2D eigenvalue weighted by Gasteiger charge is -2.22. The van der Waals surface area contributed by atoms with E-state index < -0.39 is 0 Å². The molecule has 0 bridgehead atoms. The predicted molar refractivity (Wildman–Crippen MR) is 67.7 cm³/mol. The molecule has 1 rings (SSSR count). The third kappa shape index (κ3) is 4.63. The summed E-state index contributed by atoms with van der Waals surface area (Å²) >= 11 is 0. The molecule has 0 aliphatic heterocycles. The van der Waals surface area contributed by atoms with Crippen molar-refractivity contribution in [1.29, 1.82) is 0 Å². The predicted octanol–water partition coefficient (Wildman–Crippen LogP) is 1.39. The van der Waals surface area contributed by atoms with E-state index in [1.165, 1.54) is 0 Å². The van der Waals surface area contributed by atoms with Crippen LogP contribution in [0.15, 0.2) is 24.3 Å². The first-order valence-corrected chi connectivity index (χ1v) is 5.75. The van der Waals surface area contributed by atoms with E-state index in [-0.39, 0.29) is 12.6 Å². The quantitative estimate of drug-likeness (QED) is 0.780. The van der Waals surface area contributed by atoms with Gasteiger partial charge >= 0.3 is 0 Å². The van der Waals surface area contributed by atoms with Crippen LogP contribution in [0.3, 0.4) is 0 Å². The van der Waals surface area contributed by atoms with E-state index >= 15 is 0 Å². The van der Waals surface area contributed by atoms with Gasteiger partial charge in [0.25, 0.3) is 0 Å². The van der Waals surface area contributed by atoms with Crippen molar-refractivity contribution in [2.24, 2.45) is 0 Å². The fourth-order valence-corrected chi connectivity index (χ4v) is 1.34. The van der Waals surface area contributed by atoms with E-state index in [4.69, 9.17) is 14.6 Å². The zero-order valence-corrected chi connectivity index (χ0v) is 10.7. The monoisotopic (exact) mass is 239 g/mol. The van der Waals surface area contributed by atoms with Gasteiger partial charge in [0.2, 0.25) is 0 Å². The molecule has 0 aliphatic carbocycles. The van der Waals surface area contributed by atoms with E-state index in [1.54, 1.807) is 7.11 Å². The highest BCUT2D eigenvalue weighted by molar-refractivity contribution is 5.31. The molecule has 0 amide bonds. The van der Waals surface area contributed by atoms with Crippen molar-refractivity contribution >= 4 is 0 Å². The number of aliphatic hydroxyl groups is 1. The third-order valence-electron chi connectivity index (χ3n) is 2.79. The summed E-state index contributed by atoms with van der Waals surface area (Å²) in [5.41, 5.74) is 0. The first-order chi connectivity index (χ1) is 8.17. The summed E-state index contributed by atoms with van der Waals surface area (Å²) in [4.78, 5) is 2.06. The molecular weight excluding hydrogens is 218 g/mol. The molecule has 1 atom stereocenters. The molecule has 17 heavy (non-hydrogen) atoms. The average molecular weight is 239 g/mol. The van der Waals surface area contributed by atoms with Crippen molar-refractivity contribution in [3.63, 3.8) is 0 Å². The van der Waals surface area contributed by atoms with Crippen molar-refractivity contribution in [3.8, 4) is 11.5 Å². The summed E-state index contributed by atoms with van der Waals surface area (Å²) in [5, 5.41) is 8.98. The fourth-order valence-electron chi connectivity index (χ4n) is 1.34. The van der Waals surface area contributed by atoms with Crippen molar-refractivity contribution in [2.75, 3.05) is 33.9 Å². The molecule has 0 radical (unpaired) electrons. The highest BCUT2D eigenvalue weighted by atomic mass is 16.5. The number of aliphatic hydroxyl groups excluding tert-OH is 1. The van der Waals surface area contributed by atoms with Crippen molar-refractivity contribution in [2.45, 2.75) is 13.0 Å². The summed E-state index contributed by atoms with van der Waals surface area (Å²) in [6.45, 7) is 3.54. The zero-order valence-electron chi connectivity index (χ0n) is 10.7. The largest absolute Gasteiger partial charge is 0.497 e. The maximum atomic E-state index is 8.98. The van der Waals surface area contributed by atoms with E-state index in [9.17, 15) is 0 Å². The Morgan fingerprint density at radius 1 is 1.24 bits per heavy atom. The highest BCUT2D eigenvalue weighted by Crippen LogP contribution is 2.16. The molecule has 4 heteroatoms. The van der Waals surface area contributed by atoms with Crippen molar-refractivity contribution in [3.05, 3.63) is 24.3 Å². The van der Waals surface area contributed by atoms with Crippen LogP contribution >= 0.6 is 0 Å². The Morgan fingerprint density at radius 2 is 1.82 bits per heavy atom. The first-order valence-electron chi connectivity index (χ1n) is 5.75. The molecular formula is C13H21NO3. The molecule has 0 spiro atoms. The summed E-state index contributed by atoms with van der Waals surface area (Å²) < 4.78 is 10.7. The molecule has 0 saturated carbocycles. The van der Waals surface area contributed by atoms with Gasteiger partial charge in [-0.05, 0) is 38.2 Å². The smallest absolute Gasteiger partial charge is 0.119 e. The molecule has 96 valence electrons. The number of ether oxygens (including phenoxy) is 2. The van der Waals surface area contributed by atoms with Crippen LogP contribution in [-0.4, -0.2) is 50.0 Å². The number of benzene rings is 1. The van der Waals surface area contributed by atoms with Crippen molar-refractivity contribution < 1.29 is 14.6 Å². The van der Waals surface area contributed by atoms with Gasteiger partial charge in [0, 0.05) is 12.6 Å². The Balaban J connectivity index is 2.30. The van der Waals surface area contributed by atoms with Gasteiger partial charge in [0.05, 0.1) is 13.7 Å². The van der Waals surface area contributed by atoms with Crippen LogP contribution in [0.4, 0.5) is 0 Å². The molecule has 1 aromatic rings. The number of rotatable bonds is 7. The minimum Gasteiger partial charge on any atom is -0.497 e. The third-order valence-corrected chi connectivity index (χ3v) is 2.79. The molecule has 1 N–H and O–H groups in total. The van der Waals surface area contributed by atoms with Gasteiger partial charge in [-0.2, -0.15) is 0 Å². The second-order valence-corrected chi connectivity index (χ2v) is 4.04. The topological polar surface area (TPSA) is 41.9 Å². The van der Waals surface area contributed by atoms with E-state index in [0.29, 0.717) is 6.61 Å². The van der Waals surface area contributed by atoms with Crippen LogP contribution in [0.2, 0.25) is 0 Å². The van der Waals surface area contributed by atoms with Gasteiger partial charge in [-0.15, -0.1) is 0 Å². The van der Waals surface area contributed by atoms with Crippen LogP contribution < -0.4 is 9.47 Å². The molecule has 0 heterocycles. The fraction of sp³-hybridized carbons (Fsp3) is 0.538. The number of nitrogens with zero attached hydrogens (tertiary/aromatic N) is 1. The lowest BCUT2D eigenvalue weighted by molar-refractivity contribution is 0.140. The highest BCUT2D eigenvalue weighted by Gasteiger charge is 2.06. The van der Waals surface area contributed by atoms with Gasteiger partial charge in [-0.25, -0.2) is 0 Å². The summed E-state index contributed by atoms with van der Waals surface area (Å²) in [5.74, 6) is 1.65. The standard InChI is InChI=1S/C13H21NO3/c1-11(10-15)14(2)8-9-17-13-6-4-12(16-3)5-7-13/h4-7,11,15H,8-10H2,1-3H3. The minimum atomic E-state index is 0.162. The SMILES string of the molecule is COc1ccc(OCCN(C)C(C)CO)cc1. The first kappa shape index (κ1) is 13.8. The maximum Gasteiger partial charge on any atom is 0.119 e. The second-order valence-electron chi connectivity index (χ2n) is 4.04. The average Bonchev–Trinajstić information content (AvgIpc) is 2.38. The summed E-state index contributed by atoms with van der Waals surface area (Å²) in [6.07, 6.45) is 0. The van der Waals surface area contributed by atoms with Gasteiger partial charge in [-0.1, -0.05) is 0 Å². The molecule has 0 fully saturated rings. The van der Waals surface area contributed by atoms with Crippen LogP contribution in [0.5, 0.6) is 11.5 Å². The number of methoxy groups -OCH3 is 1. The lowest BCUT2D eigenvalue weighted by atomic mass is 10.3. The second kappa shape index (κ2) is 7.14. The van der Waals surface area contributed by atoms with Crippen LogP contribution in [0, 0.1) is 0 Å². The summed E-state index contributed by atoms with van der Waals surface area (Å²) in [7, 11) is 3.61. The molecule has 0 saturated heterocycles. The Morgan fingerprint density at radius 3 is 2.35 bits per heavy atom. The van der Waals surface area contributed by atoms with Crippen LogP contribution in [0.1, 0.15) is 6.92 Å². The Hall–Kier alpha value is -1.26. The Kier molecular flexibility index (Phi) is 5.80. The van der Waals surface area contributed by atoms with E-state index in [2.05, 4.69) is 4.90 Å². The van der Waals surface area contributed by atoms with E-state index in [1.807, 2.05) is 38.2 Å². The van der Waals surface area contributed by atoms with Crippen LogP contribution in [-0.2, 0) is 0 Å². The van der Waals surface area contributed by atoms with Gasteiger partial charge in [0.1, 0.15) is 18.1 Å². The Labute approximate surface area is 103 Å². The van der Waals surface area contributed by atoms with Gasteiger partial charge in [-0.3, -0.25) is 4.90 Å². The number of hydrogen-bond donors (Lipinski definition) is 1. The van der Waals surface area contributed by atoms with Gasteiger partial charge < -0.3 is 14.6 Å². The molecule has 4 nitrogen and oxygen atoms in total. The van der Waals surface area contributed by atoms with Gasteiger partial charge in [0.15, 0.2) is 0 Å². The van der Waals surface area contributed by atoms with Crippen molar-refractivity contribution in [1.82, 2.24) is 4.90 Å². The number of likely N-dealkylation sites (N-methyl/N-ethyl adjacent to an activating group) is 1. The summed E-state index contributed by atoms with van der Waals surface area (Å²) in [6, 6.07) is 7.67. The normalized spacial score (nSPS) is 12.5. The molecule has 0 aromatic heterocycles.